The number of piperazine rings is 1. The van der Waals surface area contributed by atoms with Crippen LogP contribution in [0, 0.1) is 0 Å². The van der Waals surface area contributed by atoms with Crippen LogP contribution in [0.5, 0.6) is 11.5 Å². The molecule has 1 aliphatic carbocycles. The average molecular weight is 501 g/mol. The topological polar surface area (TPSA) is 82.5 Å². The van der Waals surface area contributed by atoms with Crippen molar-refractivity contribution in [3.05, 3.63) is 88.5 Å². The van der Waals surface area contributed by atoms with Gasteiger partial charge in [-0.1, -0.05) is 50.2 Å². The van der Waals surface area contributed by atoms with Crippen LogP contribution in [0.1, 0.15) is 52.4 Å². The van der Waals surface area contributed by atoms with Gasteiger partial charge >= 0.3 is 0 Å². The summed E-state index contributed by atoms with van der Waals surface area (Å²) in [6, 6.07) is 18.9. The molecule has 0 bridgehead atoms. The molecule has 3 aromatic rings. The van der Waals surface area contributed by atoms with E-state index in [1.165, 1.54) is 5.56 Å². The van der Waals surface area contributed by atoms with Crippen LogP contribution < -0.4 is 14.4 Å². The molecule has 37 heavy (non-hydrogen) atoms. The van der Waals surface area contributed by atoms with Crippen molar-refractivity contribution in [1.82, 2.24) is 4.90 Å². The second-order valence-corrected chi connectivity index (χ2v) is 10.5. The molecule has 2 aliphatic heterocycles. The molecule has 0 aromatic heterocycles. The Balaban J connectivity index is 1.25. The van der Waals surface area contributed by atoms with Crippen molar-refractivity contribution < 1.29 is 24.5 Å². The Morgan fingerprint density at radius 1 is 0.973 bits per heavy atom. The van der Waals surface area contributed by atoms with Crippen molar-refractivity contribution in [3.63, 3.8) is 0 Å². The molecule has 2 heterocycles. The van der Waals surface area contributed by atoms with Crippen molar-refractivity contribution in [2.75, 3.05) is 38.2 Å². The highest BCUT2D eigenvalue weighted by Gasteiger charge is 2.71. The van der Waals surface area contributed by atoms with Gasteiger partial charge in [0.15, 0.2) is 0 Å². The maximum Gasteiger partial charge on any atom is 0.276 e. The zero-order valence-electron chi connectivity index (χ0n) is 21.4. The number of ether oxygens (including phenoxy) is 2. The first-order valence-corrected chi connectivity index (χ1v) is 12.8. The van der Waals surface area contributed by atoms with E-state index in [1.54, 1.807) is 19.2 Å². The van der Waals surface area contributed by atoms with Crippen molar-refractivity contribution in [1.29, 1.82) is 0 Å². The predicted octanol–water partition coefficient (Wildman–Crippen LogP) is 3.76. The molecule has 0 spiro atoms. The minimum Gasteiger partial charge on any atom is -0.497 e. The van der Waals surface area contributed by atoms with Gasteiger partial charge in [0.1, 0.15) is 11.5 Å². The Kier molecular flexibility index (Phi) is 5.56. The van der Waals surface area contributed by atoms with E-state index in [4.69, 9.17) is 9.47 Å². The van der Waals surface area contributed by atoms with Crippen molar-refractivity contribution in [2.24, 2.45) is 0 Å². The van der Waals surface area contributed by atoms with E-state index in [-0.39, 0.29) is 5.92 Å². The zero-order valence-corrected chi connectivity index (χ0v) is 21.4. The number of methoxy groups -OCH3 is 1. The van der Waals surface area contributed by atoms with E-state index >= 15 is 0 Å². The SMILES string of the molecule is COc1ccc(CN2CCN(c3cccc4c3C(=O)C3(O)c5ccc(C(C)C)cc5OC43O)CC2)cc1. The average Bonchev–Trinajstić information content (AvgIpc) is 3.25. The number of fused-ring (bicyclic) bond motifs is 5. The molecule has 6 rings (SSSR count). The molecule has 1 saturated heterocycles. The van der Waals surface area contributed by atoms with Crippen LogP contribution in [0.15, 0.2) is 60.7 Å². The second-order valence-electron chi connectivity index (χ2n) is 10.5. The molecule has 0 amide bonds. The Morgan fingerprint density at radius 2 is 1.70 bits per heavy atom. The minimum absolute atomic E-state index is 0.247. The summed E-state index contributed by atoms with van der Waals surface area (Å²) in [6.45, 7) is 8.07. The summed E-state index contributed by atoms with van der Waals surface area (Å²) < 4.78 is 11.3. The molecule has 2 N–H and O–H groups in total. The highest BCUT2D eigenvalue weighted by molar-refractivity contribution is 6.13. The molecule has 7 heteroatoms. The van der Waals surface area contributed by atoms with E-state index < -0.39 is 17.2 Å². The van der Waals surface area contributed by atoms with Crippen LogP contribution in [0.4, 0.5) is 5.69 Å². The third-order valence-corrected chi connectivity index (χ3v) is 8.05. The van der Waals surface area contributed by atoms with Crippen molar-refractivity contribution >= 4 is 11.5 Å². The lowest BCUT2D eigenvalue weighted by Crippen LogP contribution is -2.48. The van der Waals surface area contributed by atoms with Gasteiger partial charge in [0.25, 0.3) is 5.79 Å². The summed E-state index contributed by atoms with van der Waals surface area (Å²) in [5.74, 6) is -1.22. The fourth-order valence-electron chi connectivity index (χ4n) is 5.86. The summed E-state index contributed by atoms with van der Waals surface area (Å²) in [4.78, 5) is 18.4. The summed E-state index contributed by atoms with van der Waals surface area (Å²) >= 11 is 0. The van der Waals surface area contributed by atoms with Crippen molar-refractivity contribution in [3.8, 4) is 11.5 Å². The van der Waals surface area contributed by atoms with Gasteiger partial charge < -0.3 is 24.6 Å². The maximum absolute atomic E-state index is 13.9. The number of carbonyl (C=O) groups excluding carboxylic acids is 1. The molecule has 0 saturated carbocycles. The number of benzene rings is 3. The largest absolute Gasteiger partial charge is 0.497 e. The second kappa shape index (κ2) is 8.58. The third kappa shape index (κ3) is 3.49. The summed E-state index contributed by atoms with van der Waals surface area (Å²) in [5, 5.41) is 23.5. The highest BCUT2D eigenvalue weighted by Crippen LogP contribution is 2.59. The first-order valence-electron chi connectivity index (χ1n) is 12.8. The van der Waals surface area contributed by atoms with Gasteiger partial charge in [0.2, 0.25) is 11.4 Å². The van der Waals surface area contributed by atoms with Gasteiger partial charge in [-0.25, -0.2) is 0 Å². The smallest absolute Gasteiger partial charge is 0.276 e. The molecule has 2 atom stereocenters. The maximum atomic E-state index is 13.9. The van der Waals surface area contributed by atoms with E-state index in [2.05, 4.69) is 35.8 Å². The van der Waals surface area contributed by atoms with Crippen LogP contribution in [-0.2, 0) is 17.9 Å². The lowest BCUT2D eigenvalue weighted by atomic mass is 9.86. The molecule has 192 valence electrons. The number of hydrogen-bond donors (Lipinski definition) is 2. The van der Waals surface area contributed by atoms with Crippen LogP contribution in [0.2, 0.25) is 0 Å². The fourth-order valence-corrected chi connectivity index (χ4v) is 5.86. The molecular formula is C30H32N2O5. The summed E-state index contributed by atoms with van der Waals surface area (Å²) in [5.41, 5.74) is 1.77. The number of hydrogen-bond acceptors (Lipinski definition) is 7. The lowest BCUT2D eigenvalue weighted by Gasteiger charge is -2.37. The molecule has 3 aliphatic rings. The number of aliphatic hydroxyl groups is 2. The normalized spacial score (nSPS) is 24.6. The number of Topliss-reactive ketones (excluding diaryl/α,β-unsaturated/α-hetero) is 1. The molecular weight excluding hydrogens is 468 g/mol. The predicted molar refractivity (Wildman–Crippen MR) is 140 cm³/mol. The zero-order chi connectivity index (χ0) is 25.9. The molecule has 7 nitrogen and oxygen atoms in total. The molecule has 2 unspecified atom stereocenters. The van der Waals surface area contributed by atoms with Crippen LogP contribution in [0.3, 0.4) is 0 Å². The van der Waals surface area contributed by atoms with Crippen LogP contribution >= 0.6 is 0 Å². The van der Waals surface area contributed by atoms with Crippen LogP contribution in [-0.4, -0.2) is 54.2 Å². The monoisotopic (exact) mass is 500 g/mol. The lowest BCUT2D eigenvalue weighted by molar-refractivity contribution is -0.224. The van der Waals surface area contributed by atoms with E-state index in [0.717, 1.165) is 49.7 Å². The standard InChI is InChI=1S/C30H32N2O5/c1-19(2)21-9-12-23-26(17-21)37-30(35)24-5-4-6-25(27(24)28(33)29(23,30)34)32-15-13-31(14-16-32)18-20-7-10-22(36-3)11-8-20/h4-12,17,19,34-35H,13-16,18H2,1-3H3. The molecule has 3 aromatic carbocycles. The van der Waals surface area contributed by atoms with E-state index in [0.29, 0.717) is 22.4 Å². The van der Waals surface area contributed by atoms with Gasteiger partial charge in [-0.15, -0.1) is 0 Å². The first-order chi connectivity index (χ1) is 17.8. The summed E-state index contributed by atoms with van der Waals surface area (Å²) in [6.07, 6.45) is 0. The first kappa shape index (κ1) is 24.0. The number of nitrogens with zero attached hydrogens (tertiary/aromatic N) is 2. The highest BCUT2D eigenvalue weighted by atomic mass is 16.7. The van der Waals surface area contributed by atoms with Gasteiger partial charge in [-0.3, -0.25) is 9.69 Å². The van der Waals surface area contributed by atoms with Gasteiger partial charge in [0.05, 0.1) is 12.7 Å². The van der Waals surface area contributed by atoms with Crippen molar-refractivity contribution in [2.45, 2.75) is 37.7 Å². The minimum atomic E-state index is -2.17. The van der Waals surface area contributed by atoms with E-state index in [9.17, 15) is 15.0 Å². The number of carbonyl (C=O) groups is 1. The van der Waals surface area contributed by atoms with Gasteiger partial charge in [0, 0.05) is 49.5 Å². The Hall–Kier alpha value is -3.39. The van der Waals surface area contributed by atoms with Crippen LogP contribution in [0.25, 0.3) is 0 Å². The molecule has 1 fully saturated rings. The Morgan fingerprint density at radius 3 is 2.38 bits per heavy atom. The van der Waals surface area contributed by atoms with Gasteiger partial charge in [-0.2, -0.15) is 0 Å². The Bertz CT molecular complexity index is 1360. The molecule has 0 radical (unpaired) electrons. The van der Waals surface area contributed by atoms with E-state index in [1.807, 2.05) is 36.4 Å². The Labute approximate surface area is 216 Å². The number of rotatable bonds is 5. The number of ketones is 1. The third-order valence-electron chi connectivity index (χ3n) is 8.05. The fraction of sp³-hybridized carbons (Fsp3) is 0.367. The van der Waals surface area contributed by atoms with Gasteiger partial charge in [-0.05, 0) is 41.3 Å². The summed E-state index contributed by atoms with van der Waals surface area (Å²) in [7, 11) is 1.66. The number of anilines is 1. The quantitative estimate of drug-likeness (QED) is 0.552.